The monoisotopic (exact) mass is 419 g/mol. The fourth-order valence-electron chi connectivity index (χ4n) is 2.22. The van der Waals surface area contributed by atoms with Gasteiger partial charge in [-0.25, -0.2) is 4.98 Å². The van der Waals surface area contributed by atoms with Gasteiger partial charge in [0.25, 0.3) is 0 Å². The van der Waals surface area contributed by atoms with Gasteiger partial charge < -0.3 is 15.2 Å². The van der Waals surface area contributed by atoms with Crippen LogP contribution in [0.15, 0.2) is 29.0 Å². The van der Waals surface area contributed by atoms with E-state index in [1.807, 2.05) is 0 Å². The molecule has 0 aliphatic heterocycles. The minimum atomic E-state index is -0.186. The van der Waals surface area contributed by atoms with Crippen molar-refractivity contribution in [2.45, 2.75) is 6.54 Å². The van der Waals surface area contributed by atoms with Crippen molar-refractivity contribution >= 4 is 56.1 Å². The Labute approximate surface area is 156 Å². The third-order valence-corrected chi connectivity index (χ3v) is 3.95. The fourth-order valence-corrected chi connectivity index (χ4v) is 2.88. The van der Waals surface area contributed by atoms with Gasteiger partial charge in [0.15, 0.2) is 17.0 Å². The smallest absolute Gasteiger partial charge is 0.239 e. The van der Waals surface area contributed by atoms with Crippen LogP contribution in [-0.2, 0) is 11.3 Å². The van der Waals surface area contributed by atoms with E-state index in [0.717, 1.165) is 4.47 Å². The standard InChI is InChI=1S/C15H11BrClN7O/c1-19-11(25)6-24-7-20-12-13(22-15(17)23-14(12)24)21-10-3-8(5-18)2-9(16)4-10/h2-4,7H,6H2,1H3,(H,19,25)(H,21,22,23). The van der Waals surface area contributed by atoms with E-state index in [2.05, 4.69) is 47.6 Å². The van der Waals surface area contributed by atoms with Crippen LogP contribution in [-0.4, -0.2) is 32.5 Å². The van der Waals surface area contributed by atoms with Crippen LogP contribution in [0.1, 0.15) is 5.56 Å². The lowest BCUT2D eigenvalue weighted by Gasteiger charge is -2.08. The lowest BCUT2D eigenvalue weighted by atomic mass is 10.2. The Balaban J connectivity index is 2.04. The summed E-state index contributed by atoms with van der Waals surface area (Å²) < 4.78 is 2.32. The molecule has 10 heteroatoms. The number of hydrogen-bond acceptors (Lipinski definition) is 6. The number of halogens is 2. The van der Waals surface area contributed by atoms with Crippen LogP contribution in [0.4, 0.5) is 11.5 Å². The number of aromatic nitrogens is 4. The normalized spacial score (nSPS) is 10.5. The van der Waals surface area contributed by atoms with Crippen molar-refractivity contribution in [3.63, 3.8) is 0 Å². The van der Waals surface area contributed by atoms with Gasteiger partial charge in [0, 0.05) is 17.2 Å². The molecule has 0 aliphatic rings. The van der Waals surface area contributed by atoms with E-state index in [4.69, 9.17) is 16.9 Å². The molecule has 0 radical (unpaired) electrons. The van der Waals surface area contributed by atoms with Crippen molar-refractivity contribution in [1.82, 2.24) is 24.8 Å². The summed E-state index contributed by atoms with van der Waals surface area (Å²) in [5, 5.41) is 14.7. The van der Waals surface area contributed by atoms with Gasteiger partial charge in [0.2, 0.25) is 11.2 Å². The summed E-state index contributed by atoms with van der Waals surface area (Å²) in [5.41, 5.74) is 2.02. The Morgan fingerprint density at radius 3 is 2.92 bits per heavy atom. The fraction of sp³-hybridized carbons (Fsp3) is 0.133. The maximum atomic E-state index is 11.6. The van der Waals surface area contributed by atoms with E-state index in [1.54, 1.807) is 29.8 Å². The quantitative estimate of drug-likeness (QED) is 0.628. The number of imidazole rings is 1. The molecule has 3 rings (SSSR count). The average Bonchev–Trinajstić information content (AvgIpc) is 2.97. The van der Waals surface area contributed by atoms with Crippen LogP contribution >= 0.6 is 27.5 Å². The van der Waals surface area contributed by atoms with Crippen molar-refractivity contribution in [3.8, 4) is 6.07 Å². The molecule has 0 fully saturated rings. The van der Waals surface area contributed by atoms with Gasteiger partial charge in [-0.15, -0.1) is 0 Å². The van der Waals surface area contributed by atoms with Crippen LogP contribution < -0.4 is 10.6 Å². The molecule has 1 aromatic carbocycles. The van der Waals surface area contributed by atoms with Crippen LogP contribution in [0, 0.1) is 11.3 Å². The number of nitriles is 1. The molecule has 2 heterocycles. The van der Waals surface area contributed by atoms with Gasteiger partial charge in [-0.2, -0.15) is 15.2 Å². The van der Waals surface area contributed by atoms with Crippen molar-refractivity contribution in [2.24, 2.45) is 0 Å². The van der Waals surface area contributed by atoms with Gasteiger partial charge in [-0.1, -0.05) is 15.9 Å². The van der Waals surface area contributed by atoms with Gasteiger partial charge in [0.05, 0.1) is 18.0 Å². The second kappa shape index (κ2) is 7.04. The van der Waals surface area contributed by atoms with E-state index in [1.165, 1.54) is 6.33 Å². The summed E-state index contributed by atoms with van der Waals surface area (Å²) in [6.45, 7) is 0.0647. The first kappa shape index (κ1) is 17.1. The number of fused-ring (bicyclic) bond motifs is 1. The molecule has 0 saturated carbocycles. The molecule has 2 aromatic heterocycles. The number of carbonyl (C=O) groups excluding carboxylic acids is 1. The highest BCUT2D eigenvalue weighted by Crippen LogP contribution is 2.26. The van der Waals surface area contributed by atoms with E-state index < -0.39 is 0 Å². The van der Waals surface area contributed by atoms with Gasteiger partial charge >= 0.3 is 0 Å². The van der Waals surface area contributed by atoms with Gasteiger partial charge in [-0.05, 0) is 29.8 Å². The topological polar surface area (TPSA) is 109 Å². The van der Waals surface area contributed by atoms with Crippen molar-refractivity contribution in [3.05, 3.63) is 39.8 Å². The second-order valence-corrected chi connectivity index (χ2v) is 6.28. The third kappa shape index (κ3) is 3.70. The van der Waals surface area contributed by atoms with E-state index >= 15 is 0 Å². The molecule has 1 amide bonds. The number of anilines is 2. The molecular weight excluding hydrogens is 410 g/mol. The van der Waals surface area contributed by atoms with Gasteiger partial charge in [-0.3, -0.25) is 4.79 Å². The van der Waals surface area contributed by atoms with E-state index in [0.29, 0.717) is 28.2 Å². The van der Waals surface area contributed by atoms with Crippen LogP contribution in [0.5, 0.6) is 0 Å². The zero-order valence-electron chi connectivity index (χ0n) is 12.9. The molecule has 0 spiro atoms. The summed E-state index contributed by atoms with van der Waals surface area (Å²) >= 11 is 9.37. The lowest BCUT2D eigenvalue weighted by Crippen LogP contribution is -2.23. The maximum absolute atomic E-state index is 11.6. The summed E-state index contributed by atoms with van der Waals surface area (Å²) in [7, 11) is 1.55. The Kier molecular flexibility index (Phi) is 4.83. The summed E-state index contributed by atoms with van der Waals surface area (Å²) in [6, 6.07) is 7.25. The molecule has 0 bridgehead atoms. The zero-order chi connectivity index (χ0) is 18.0. The Bertz CT molecular complexity index is 1010. The molecule has 2 N–H and O–H groups in total. The predicted octanol–water partition coefficient (Wildman–Crippen LogP) is 2.60. The van der Waals surface area contributed by atoms with Crippen molar-refractivity contribution in [1.29, 1.82) is 5.26 Å². The van der Waals surface area contributed by atoms with Crippen molar-refractivity contribution < 1.29 is 4.79 Å². The molecule has 3 aromatic rings. The maximum Gasteiger partial charge on any atom is 0.239 e. The summed E-state index contributed by atoms with van der Waals surface area (Å²) in [6.07, 6.45) is 1.50. The molecule has 0 unspecified atom stereocenters. The SMILES string of the molecule is CNC(=O)Cn1cnc2c(Nc3cc(Br)cc(C#N)c3)nc(Cl)nc21. The molecular formula is C15H11BrClN7O. The second-order valence-electron chi connectivity index (χ2n) is 5.02. The lowest BCUT2D eigenvalue weighted by molar-refractivity contribution is -0.121. The summed E-state index contributed by atoms with van der Waals surface area (Å²) in [5.74, 6) is 0.196. The first-order chi connectivity index (χ1) is 12.0. The van der Waals surface area contributed by atoms with Crippen LogP contribution in [0.2, 0.25) is 5.28 Å². The highest BCUT2D eigenvalue weighted by Gasteiger charge is 2.14. The Morgan fingerprint density at radius 1 is 1.40 bits per heavy atom. The summed E-state index contributed by atoms with van der Waals surface area (Å²) in [4.78, 5) is 24.2. The largest absolute Gasteiger partial charge is 0.358 e. The van der Waals surface area contributed by atoms with E-state index in [-0.39, 0.29) is 17.7 Å². The third-order valence-electron chi connectivity index (χ3n) is 3.32. The first-order valence-electron chi connectivity index (χ1n) is 7.07. The Hall–Kier alpha value is -2.70. The zero-order valence-corrected chi connectivity index (χ0v) is 15.3. The van der Waals surface area contributed by atoms with Crippen LogP contribution in [0.3, 0.4) is 0 Å². The number of benzene rings is 1. The molecule has 0 atom stereocenters. The number of nitrogens with one attached hydrogen (secondary N) is 2. The molecule has 25 heavy (non-hydrogen) atoms. The number of carbonyl (C=O) groups is 1. The van der Waals surface area contributed by atoms with Gasteiger partial charge in [0.1, 0.15) is 6.54 Å². The molecule has 0 saturated heterocycles. The first-order valence-corrected chi connectivity index (χ1v) is 8.24. The number of likely N-dealkylation sites (N-methyl/N-ethyl adjacent to an activating group) is 1. The number of amides is 1. The minimum absolute atomic E-state index is 0.0177. The highest BCUT2D eigenvalue weighted by atomic mass is 79.9. The van der Waals surface area contributed by atoms with Crippen LogP contribution in [0.25, 0.3) is 11.2 Å². The van der Waals surface area contributed by atoms with Crippen molar-refractivity contribution in [2.75, 3.05) is 12.4 Å². The number of nitrogens with zero attached hydrogens (tertiary/aromatic N) is 5. The minimum Gasteiger partial charge on any atom is -0.358 e. The molecule has 0 aliphatic carbocycles. The highest BCUT2D eigenvalue weighted by molar-refractivity contribution is 9.10. The predicted molar refractivity (Wildman–Crippen MR) is 96.5 cm³/mol. The van der Waals surface area contributed by atoms with E-state index in [9.17, 15) is 4.79 Å². The average molecular weight is 421 g/mol. The Morgan fingerprint density at radius 2 is 2.20 bits per heavy atom. The molecule has 126 valence electrons. The molecule has 8 nitrogen and oxygen atoms in total. The number of hydrogen-bond donors (Lipinski definition) is 2. The number of rotatable bonds is 4.